The first kappa shape index (κ1) is 14.2. The largest absolute Gasteiger partial charge is 0.351 e. The van der Waals surface area contributed by atoms with Crippen molar-refractivity contribution in [3.63, 3.8) is 0 Å². The van der Waals surface area contributed by atoms with Crippen LogP contribution in [0.2, 0.25) is 0 Å². The summed E-state index contributed by atoms with van der Waals surface area (Å²) in [5.41, 5.74) is 7.17. The summed E-state index contributed by atoms with van der Waals surface area (Å²) in [7, 11) is 0. The number of hydrogen-bond donors (Lipinski definition) is 3. The highest BCUT2D eigenvalue weighted by atomic mass is 16.2. The first-order chi connectivity index (χ1) is 8.41. The van der Waals surface area contributed by atoms with Gasteiger partial charge in [-0.15, -0.1) is 0 Å². The van der Waals surface area contributed by atoms with Crippen molar-refractivity contribution in [2.24, 2.45) is 5.73 Å². The van der Waals surface area contributed by atoms with Gasteiger partial charge in [-0.05, 0) is 31.9 Å². The molecule has 5 heteroatoms. The van der Waals surface area contributed by atoms with E-state index in [2.05, 4.69) is 10.6 Å². The zero-order chi connectivity index (χ0) is 13.7. The van der Waals surface area contributed by atoms with E-state index in [9.17, 15) is 9.59 Å². The number of amides is 3. The molecule has 0 spiro atoms. The molecule has 0 aliphatic heterocycles. The Bertz CT molecular complexity index is 446. The Kier molecular flexibility index (Phi) is 4.85. The number of urea groups is 1. The molecule has 0 heterocycles. The summed E-state index contributed by atoms with van der Waals surface area (Å²) in [5, 5.41) is 5.17. The van der Waals surface area contributed by atoms with Gasteiger partial charge in [-0.25, -0.2) is 4.79 Å². The van der Waals surface area contributed by atoms with E-state index >= 15 is 0 Å². The Hall–Kier alpha value is -1.88. The van der Waals surface area contributed by atoms with E-state index in [0.717, 1.165) is 11.1 Å². The molecule has 98 valence electrons. The number of benzene rings is 1. The van der Waals surface area contributed by atoms with Crippen LogP contribution in [0.3, 0.4) is 0 Å². The molecule has 0 radical (unpaired) electrons. The van der Waals surface area contributed by atoms with Gasteiger partial charge in [-0.2, -0.15) is 0 Å². The zero-order valence-electron chi connectivity index (χ0n) is 10.9. The highest BCUT2D eigenvalue weighted by Gasteiger charge is 2.17. The molecule has 3 amide bonds. The normalized spacial score (nSPS) is 13.7. The maximum atomic E-state index is 11.5. The van der Waals surface area contributed by atoms with Gasteiger partial charge in [0.2, 0.25) is 5.91 Å². The van der Waals surface area contributed by atoms with Crippen molar-refractivity contribution in [3.05, 3.63) is 35.4 Å². The van der Waals surface area contributed by atoms with Gasteiger partial charge in [-0.1, -0.05) is 24.3 Å². The van der Waals surface area contributed by atoms with Gasteiger partial charge >= 0.3 is 6.03 Å². The number of carbonyl (C=O) groups excluding carboxylic acids is 2. The van der Waals surface area contributed by atoms with Crippen LogP contribution in [-0.4, -0.2) is 18.0 Å². The van der Waals surface area contributed by atoms with Crippen molar-refractivity contribution >= 4 is 11.9 Å². The third kappa shape index (κ3) is 3.85. The average molecular weight is 249 g/mol. The minimum atomic E-state index is -0.836. The Morgan fingerprint density at radius 3 is 2.39 bits per heavy atom. The molecular weight excluding hydrogens is 230 g/mol. The van der Waals surface area contributed by atoms with Gasteiger partial charge in [0.05, 0.1) is 6.04 Å². The predicted octanol–water partition coefficient (Wildman–Crippen LogP) is 1.23. The van der Waals surface area contributed by atoms with Crippen LogP contribution >= 0.6 is 0 Å². The van der Waals surface area contributed by atoms with E-state index < -0.39 is 18.0 Å². The molecule has 0 bridgehead atoms. The standard InChI is InChI=1S/C13H19N3O2/c1-8-6-4-5-7-11(8)9(2)15-10(3)12(17)16-13(14)18/h4-7,9-10,15H,1-3H3,(H3,14,16,17,18)/t9-,10?/m0/s1. The fourth-order valence-electron chi connectivity index (χ4n) is 1.84. The number of primary amides is 1. The van der Waals surface area contributed by atoms with Crippen LogP contribution in [0.5, 0.6) is 0 Å². The number of hydrogen-bond acceptors (Lipinski definition) is 3. The van der Waals surface area contributed by atoms with Crippen molar-refractivity contribution in [2.45, 2.75) is 32.9 Å². The SMILES string of the molecule is Cc1ccccc1[C@H](C)NC(C)C(=O)NC(N)=O. The third-order valence-corrected chi connectivity index (χ3v) is 2.79. The summed E-state index contributed by atoms with van der Waals surface area (Å²) in [6.45, 7) is 5.67. The quantitative estimate of drug-likeness (QED) is 0.750. The molecular formula is C13H19N3O2. The topological polar surface area (TPSA) is 84.2 Å². The first-order valence-electron chi connectivity index (χ1n) is 5.83. The molecule has 0 aromatic heterocycles. The van der Waals surface area contributed by atoms with E-state index in [-0.39, 0.29) is 6.04 Å². The smallest absolute Gasteiger partial charge is 0.318 e. The molecule has 1 aromatic rings. The third-order valence-electron chi connectivity index (χ3n) is 2.79. The molecule has 1 unspecified atom stereocenters. The second kappa shape index (κ2) is 6.16. The average Bonchev–Trinajstić information content (AvgIpc) is 2.28. The molecule has 1 rings (SSSR count). The van der Waals surface area contributed by atoms with Crippen LogP contribution in [0.4, 0.5) is 4.79 Å². The van der Waals surface area contributed by atoms with Crippen molar-refractivity contribution in [2.75, 3.05) is 0 Å². The fourth-order valence-corrected chi connectivity index (χ4v) is 1.84. The molecule has 0 saturated heterocycles. The molecule has 1 aromatic carbocycles. The highest BCUT2D eigenvalue weighted by molar-refractivity contribution is 5.96. The Balaban J connectivity index is 2.65. The van der Waals surface area contributed by atoms with E-state index in [4.69, 9.17) is 5.73 Å². The van der Waals surface area contributed by atoms with E-state index in [1.807, 2.05) is 38.1 Å². The van der Waals surface area contributed by atoms with Crippen LogP contribution < -0.4 is 16.4 Å². The number of nitrogens with two attached hydrogens (primary N) is 1. The van der Waals surface area contributed by atoms with Gasteiger partial charge < -0.3 is 5.73 Å². The second-order valence-corrected chi connectivity index (χ2v) is 4.32. The number of rotatable bonds is 4. The van der Waals surface area contributed by atoms with Gasteiger partial charge in [-0.3, -0.25) is 15.4 Å². The molecule has 0 aliphatic carbocycles. The van der Waals surface area contributed by atoms with Crippen molar-refractivity contribution in [3.8, 4) is 0 Å². The number of imide groups is 1. The lowest BCUT2D eigenvalue weighted by Gasteiger charge is -2.20. The van der Waals surface area contributed by atoms with E-state index in [0.29, 0.717) is 0 Å². The molecule has 5 nitrogen and oxygen atoms in total. The highest BCUT2D eigenvalue weighted by Crippen LogP contribution is 2.17. The lowest BCUT2D eigenvalue weighted by molar-refractivity contribution is -0.121. The van der Waals surface area contributed by atoms with Crippen LogP contribution in [-0.2, 0) is 4.79 Å². The summed E-state index contributed by atoms with van der Waals surface area (Å²) in [4.78, 5) is 22.1. The van der Waals surface area contributed by atoms with E-state index in [1.54, 1.807) is 6.92 Å². The molecule has 18 heavy (non-hydrogen) atoms. The molecule has 4 N–H and O–H groups in total. The molecule has 0 fully saturated rings. The van der Waals surface area contributed by atoms with Crippen LogP contribution in [0.1, 0.15) is 31.0 Å². The van der Waals surface area contributed by atoms with Crippen LogP contribution in [0.15, 0.2) is 24.3 Å². The first-order valence-corrected chi connectivity index (χ1v) is 5.83. The number of carbonyl (C=O) groups is 2. The molecule has 0 aliphatic rings. The van der Waals surface area contributed by atoms with Crippen molar-refractivity contribution in [1.82, 2.24) is 10.6 Å². The monoisotopic (exact) mass is 249 g/mol. The molecule has 2 atom stereocenters. The van der Waals surface area contributed by atoms with Gasteiger partial charge in [0, 0.05) is 6.04 Å². The van der Waals surface area contributed by atoms with Gasteiger partial charge in [0.1, 0.15) is 0 Å². The number of aryl methyl sites for hydroxylation is 1. The minimum absolute atomic E-state index is 0.0137. The Morgan fingerprint density at radius 2 is 1.83 bits per heavy atom. The lowest BCUT2D eigenvalue weighted by atomic mass is 10.0. The van der Waals surface area contributed by atoms with Crippen LogP contribution in [0.25, 0.3) is 0 Å². The summed E-state index contributed by atoms with van der Waals surface area (Å²) in [5.74, 6) is -0.428. The predicted molar refractivity (Wildman–Crippen MR) is 69.9 cm³/mol. The maximum absolute atomic E-state index is 11.5. The van der Waals surface area contributed by atoms with Crippen molar-refractivity contribution < 1.29 is 9.59 Å². The molecule has 0 saturated carbocycles. The second-order valence-electron chi connectivity index (χ2n) is 4.32. The zero-order valence-corrected chi connectivity index (χ0v) is 10.9. The Morgan fingerprint density at radius 1 is 1.22 bits per heavy atom. The fraction of sp³-hybridized carbons (Fsp3) is 0.385. The summed E-state index contributed by atoms with van der Waals surface area (Å²) in [6.07, 6.45) is 0. The van der Waals surface area contributed by atoms with E-state index in [1.165, 1.54) is 0 Å². The van der Waals surface area contributed by atoms with Crippen molar-refractivity contribution in [1.29, 1.82) is 0 Å². The summed E-state index contributed by atoms with van der Waals surface area (Å²) >= 11 is 0. The minimum Gasteiger partial charge on any atom is -0.351 e. The summed E-state index contributed by atoms with van der Waals surface area (Å²) < 4.78 is 0. The summed E-state index contributed by atoms with van der Waals surface area (Å²) in [6, 6.07) is 6.63. The van der Waals surface area contributed by atoms with Gasteiger partial charge in [0.25, 0.3) is 0 Å². The Labute approximate surface area is 107 Å². The number of nitrogens with one attached hydrogen (secondary N) is 2. The van der Waals surface area contributed by atoms with Gasteiger partial charge in [0.15, 0.2) is 0 Å². The van der Waals surface area contributed by atoms with Crippen LogP contribution in [0, 0.1) is 6.92 Å². The maximum Gasteiger partial charge on any atom is 0.318 e. The lowest BCUT2D eigenvalue weighted by Crippen LogP contribution is -2.47.